The van der Waals surface area contributed by atoms with E-state index in [2.05, 4.69) is 14.9 Å². The minimum absolute atomic E-state index is 0.00497. The highest BCUT2D eigenvalue weighted by atomic mass is 32.2. The third-order valence-electron chi connectivity index (χ3n) is 2.09. The molecule has 1 aromatic heterocycles. The molecule has 100 valence electrons. The standard InChI is InChI=1S/C9H7FN4O3S2/c10-5-1-2-8(19(11,16)17)6(3-5)12-9(15)7-4-18-14-13-7/h1-4H,(H,12,15)(H2,11,16,17). The highest BCUT2D eigenvalue weighted by Gasteiger charge is 2.18. The second-order valence-corrected chi connectivity index (χ2v) is 5.57. The van der Waals surface area contributed by atoms with Crippen molar-refractivity contribution in [3.05, 3.63) is 35.1 Å². The Labute approximate surface area is 111 Å². The molecular weight excluding hydrogens is 295 g/mol. The molecule has 1 heterocycles. The Morgan fingerprint density at radius 1 is 1.42 bits per heavy atom. The van der Waals surface area contributed by atoms with Gasteiger partial charge in [0.05, 0.1) is 5.69 Å². The van der Waals surface area contributed by atoms with Gasteiger partial charge in [0.15, 0.2) is 5.69 Å². The van der Waals surface area contributed by atoms with Crippen LogP contribution in [-0.4, -0.2) is 23.9 Å². The van der Waals surface area contributed by atoms with Gasteiger partial charge < -0.3 is 5.32 Å². The molecule has 0 saturated heterocycles. The summed E-state index contributed by atoms with van der Waals surface area (Å²) >= 11 is 0.952. The van der Waals surface area contributed by atoms with Gasteiger partial charge in [-0.15, -0.1) is 5.10 Å². The quantitative estimate of drug-likeness (QED) is 0.860. The number of amides is 1. The number of halogens is 1. The molecule has 0 saturated carbocycles. The minimum Gasteiger partial charge on any atom is -0.319 e. The van der Waals surface area contributed by atoms with Crippen LogP contribution in [0.15, 0.2) is 28.5 Å². The first-order chi connectivity index (χ1) is 8.88. The fourth-order valence-corrected chi connectivity index (χ4v) is 2.41. The Morgan fingerprint density at radius 2 is 2.16 bits per heavy atom. The lowest BCUT2D eigenvalue weighted by Gasteiger charge is -2.08. The second-order valence-electron chi connectivity index (χ2n) is 3.43. The third kappa shape index (κ3) is 3.10. The van der Waals surface area contributed by atoms with Gasteiger partial charge in [-0.3, -0.25) is 4.79 Å². The van der Waals surface area contributed by atoms with Gasteiger partial charge in [-0.25, -0.2) is 17.9 Å². The van der Waals surface area contributed by atoms with Gasteiger partial charge >= 0.3 is 0 Å². The van der Waals surface area contributed by atoms with Gasteiger partial charge in [0.1, 0.15) is 10.7 Å². The molecule has 0 bridgehead atoms. The zero-order chi connectivity index (χ0) is 14.0. The van der Waals surface area contributed by atoms with Crippen LogP contribution in [0.5, 0.6) is 0 Å². The minimum atomic E-state index is -4.08. The van der Waals surface area contributed by atoms with E-state index in [9.17, 15) is 17.6 Å². The maximum Gasteiger partial charge on any atom is 0.277 e. The van der Waals surface area contributed by atoms with E-state index in [1.54, 1.807) is 0 Å². The molecule has 1 aromatic carbocycles. The van der Waals surface area contributed by atoms with E-state index in [1.807, 2.05) is 0 Å². The lowest BCUT2D eigenvalue weighted by molar-refractivity contribution is 0.102. The fourth-order valence-electron chi connectivity index (χ4n) is 1.30. The van der Waals surface area contributed by atoms with Gasteiger partial charge in [0.2, 0.25) is 10.0 Å². The molecule has 0 aliphatic carbocycles. The number of nitrogens with one attached hydrogen (secondary N) is 1. The Balaban J connectivity index is 2.39. The molecule has 1 amide bonds. The maximum absolute atomic E-state index is 13.1. The molecule has 0 unspecified atom stereocenters. The van der Waals surface area contributed by atoms with Crippen molar-refractivity contribution in [2.45, 2.75) is 4.90 Å². The van der Waals surface area contributed by atoms with Gasteiger partial charge in [-0.2, -0.15) is 0 Å². The predicted octanol–water partition coefficient (Wildman–Crippen LogP) is 0.577. The summed E-state index contributed by atoms with van der Waals surface area (Å²) in [5, 5.41) is 12.1. The van der Waals surface area contributed by atoms with Crippen LogP contribution < -0.4 is 10.5 Å². The van der Waals surface area contributed by atoms with Crippen molar-refractivity contribution < 1.29 is 17.6 Å². The average Bonchev–Trinajstić information content (AvgIpc) is 2.80. The number of carbonyl (C=O) groups is 1. The second kappa shape index (κ2) is 4.99. The molecule has 0 fully saturated rings. The number of hydrogen-bond donors (Lipinski definition) is 2. The third-order valence-corrected chi connectivity index (χ3v) is 3.56. The largest absolute Gasteiger partial charge is 0.319 e. The number of nitrogens with zero attached hydrogens (tertiary/aromatic N) is 2. The summed E-state index contributed by atoms with van der Waals surface area (Å²) < 4.78 is 39.2. The van der Waals surface area contributed by atoms with E-state index in [1.165, 1.54) is 5.38 Å². The number of primary sulfonamides is 1. The van der Waals surface area contributed by atoms with Crippen molar-refractivity contribution in [3.63, 3.8) is 0 Å². The molecule has 2 aromatic rings. The van der Waals surface area contributed by atoms with Gasteiger partial charge in [0, 0.05) is 5.38 Å². The van der Waals surface area contributed by atoms with Crippen LogP contribution in [0.2, 0.25) is 0 Å². The lowest BCUT2D eigenvalue weighted by Crippen LogP contribution is -2.19. The van der Waals surface area contributed by atoms with Crippen molar-refractivity contribution >= 4 is 33.2 Å². The molecular formula is C9H7FN4O3S2. The lowest BCUT2D eigenvalue weighted by atomic mass is 10.3. The number of benzene rings is 1. The average molecular weight is 302 g/mol. The van der Waals surface area contributed by atoms with Crippen LogP contribution in [0.1, 0.15) is 10.5 Å². The molecule has 0 aliphatic heterocycles. The first kappa shape index (κ1) is 13.5. The van der Waals surface area contributed by atoms with Gasteiger partial charge in [-0.1, -0.05) is 4.49 Å². The van der Waals surface area contributed by atoms with Crippen LogP contribution >= 0.6 is 11.5 Å². The van der Waals surface area contributed by atoms with E-state index in [4.69, 9.17) is 5.14 Å². The van der Waals surface area contributed by atoms with Crippen LogP contribution in [0, 0.1) is 5.82 Å². The van der Waals surface area contributed by atoms with Gasteiger partial charge in [-0.05, 0) is 29.7 Å². The summed E-state index contributed by atoms with van der Waals surface area (Å²) in [4.78, 5) is 11.3. The van der Waals surface area contributed by atoms with Gasteiger partial charge in [0.25, 0.3) is 5.91 Å². The highest BCUT2D eigenvalue weighted by Crippen LogP contribution is 2.21. The Bertz CT molecular complexity index is 715. The fraction of sp³-hybridized carbons (Fsp3) is 0. The molecule has 0 radical (unpaired) electrons. The van der Waals surface area contributed by atoms with Crippen molar-refractivity contribution in [1.29, 1.82) is 0 Å². The predicted molar refractivity (Wildman–Crippen MR) is 65.6 cm³/mol. The van der Waals surface area contributed by atoms with E-state index in [0.717, 1.165) is 29.7 Å². The zero-order valence-electron chi connectivity index (χ0n) is 9.20. The molecule has 0 aliphatic rings. The summed E-state index contributed by atoms with van der Waals surface area (Å²) in [5.74, 6) is -1.41. The first-order valence-electron chi connectivity index (χ1n) is 4.78. The summed E-state index contributed by atoms with van der Waals surface area (Å²) in [6.07, 6.45) is 0. The topological polar surface area (TPSA) is 115 Å². The van der Waals surface area contributed by atoms with Crippen molar-refractivity contribution in [2.75, 3.05) is 5.32 Å². The summed E-state index contributed by atoms with van der Waals surface area (Å²) in [7, 11) is -4.08. The Hall–Kier alpha value is -1.91. The van der Waals surface area contributed by atoms with Crippen LogP contribution in [0.25, 0.3) is 0 Å². The molecule has 7 nitrogen and oxygen atoms in total. The number of sulfonamides is 1. The van der Waals surface area contributed by atoms with E-state index in [-0.39, 0.29) is 16.3 Å². The SMILES string of the molecule is NS(=O)(=O)c1ccc(F)cc1NC(=O)c1csnn1. The number of nitrogens with two attached hydrogens (primary N) is 1. The number of rotatable bonds is 3. The molecule has 0 spiro atoms. The molecule has 2 rings (SSSR count). The summed E-state index contributed by atoms with van der Waals surface area (Å²) in [5.41, 5.74) is -0.255. The monoisotopic (exact) mass is 302 g/mol. The van der Waals surface area contributed by atoms with Crippen molar-refractivity contribution in [3.8, 4) is 0 Å². The molecule has 0 atom stereocenters. The molecule has 19 heavy (non-hydrogen) atoms. The summed E-state index contributed by atoms with van der Waals surface area (Å²) in [6, 6.07) is 2.76. The molecule has 3 N–H and O–H groups in total. The smallest absolute Gasteiger partial charge is 0.277 e. The van der Waals surface area contributed by atoms with Crippen molar-refractivity contribution in [1.82, 2.24) is 9.59 Å². The number of hydrogen-bond acceptors (Lipinski definition) is 6. The van der Waals surface area contributed by atoms with Crippen LogP contribution in [0.4, 0.5) is 10.1 Å². The molecule has 10 heteroatoms. The first-order valence-corrected chi connectivity index (χ1v) is 7.17. The Morgan fingerprint density at radius 3 is 2.74 bits per heavy atom. The van der Waals surface area contributed by atoms with E-state index < -0.39 is 21.7 Å². The van der Waals surface area contributed by atoms with Crippen LogP contribution in [0.3, 0.4) is 0 Å². The zero-order valence-corrected chi connectivity index (χ0v) is 10.8. The highest BCUT2D eigenvalue weighted by molar-refractivity contribution is 7.89. The van der Waals surface area contributed by atoms with E-state index >= 15 is 0 Å². The van der Waals surface area contributed by atoms with Crippen molar-refractivity contribution in [2.24, 2.45) is 5.14 Å². The number of anilines is 1. The normalized spacial score (nSPS) is 11.3. The number of carbonyl (C=O) groups excluding carboxylic acids is 1. The van der Waals surface area contributed by atoms with Crippen LogP contribution in [-0.2, 0) is 10.0 Å². The maximum atomic E-state index is 13.1. The van der Waals surface area contributed by atoms with E-state index in [0.29, 0.717) is 0 Å². The number of aromatic nitrogens is 2. The Kier molecular flexibility index (Phi) is 3.55. The summed E-state index contributed by atoms with van der Waals surface area (Å²) in [6.45, 7) is 0.